The van der Waals surface area contributed by atoms with E-state index in [0.29, 0.717) is 5.82 Å². The second-order valence-electron chi connectivity index (χ2n) is 6.19. The molecule has 3 aromatic rings. The molecule has 0 saturated carbocycles. The molecule has 3 rings (SSSR count). The van der Waals surface area contributed by atoms with Crippen LogP contribution < -0.4 is 5.32 Å². The molecule has 0 atom stereocenters. The highest BCUT2D eigenvalue weighted by molar-refractivity contribution is 7.89. The van der Waals surface area contributed by atoms with Crippen molar-refractivity contribution >= 4 is 33.3 Å². The normalized spacial score (nSPS) is 11.6. The summed E-state index contributed by atoms with van der Waals surface area (Å²) < 4.78 is 25.7. The molecular formula is C18H18ClN5O3S. The monoisotopic (exact) mass is 419 g/mol. The highest BCUT2D eigenvalue weighted by atomic mass is 35.5. The molecule has 1 aromatic carbocycles. The highest BCUT2D eigenvalue weighted by Crippen LogP contribution is 2.27. The van der Waals surface area contributed by atoms with E-state index >= 15 is 0 Å². The van der Waals surface area contributed by atoms with Crippen molar-refractivity contribution < 1.29 is 13.2 Å². The molecule has 8 nitrogen and oxygen atoms in total. The van der Waals surface area contributed by atoms with E-state index in [1.165, 1.54) is 32.3 Å². The number of hydrogen-bond acceptors (Lipinski definition) is 5. The number of nitrogens with zero attached hydrogens (tertiary/aromatic N) is 3. The van der Waals surface area contributed by atoms with Crippen LogP contribution in [0.5, 0.6) is 0 Å². The Labute approximate surface area is 167 Å². The number of aromatic nitrogens is 3. The lowest BCUT2D eigenvalue weighted by atomic mass is 10.1. The summed E-state index contributed by atoms with van der Waals surface area (Å²) in [6, 6.07) is 7.62. The molecule has 10 heteroatoms. The van der Waals surface area contributed by atoms with E-state index in [0.717, 1.165) is 21.1 Å². The Kier molecular flexibility index (Phi) is 5.50. The molecule has 2 heterocycles. The second kappa shape index (κ2) is 7.70. The van der Waals surface area contributed by atoms with E-state index in [9.17, 15) is 13.2 Å². The zero-order valence-electron chi connectivity index (χ0n) is 15.4. The number of aromatic amines is 1. The summed E-state index contributed by atoms with van der Waals surface area (Å²) in [4.78, 5) is 16.7. The molecule has 0 unspecified atom stereocenters. The van der Waals surface area contributed by atoms with E-state index in [4.69, 9.17) is 11.6 Å². The van der Waals surface area contributed by atoms with Gasteiger partial charge in [0, 0.05) is 37.6 Å². The van der Waals surface area contributed by atoms with Gasteiger partial charge in [-0.05, 0) is 37.3 Å². The average molecular weight is 420 g/mol. The minimum absolute atomic E-state index is 0.0247. The first kappa shape index (κ1) is 20.0. The quantitative estimate of drug-likeness (QED) is 0.661. The fraction of sp³-hybridized carbons (Fsp3) is 0.167. The van der Waals surface area contributed by atoms with Gasteiger partial charge in [0.1, 0.15) is 0 Å². The molecule has 0 aliphatic heterocycles. The second-order valence-corrected chi connectivity index (χ2v) is 8.75. The standard InChI is InChI=1S/C18H18ClN5O3S/c1-11-16(12-6-8-20-9-7-12)22-23-17(11)21-18(25)14-10-13(4-5-15(14)19)28(26,27)24(2)3/h4-10H,1-3H3,(H2,21,22,23,25). The number of amides is 1. The van der Waals surface area contributed by atoms with Crippen LogP contribution in [0.3, 0.4) is 0 Å². The lowest BCUT2D eigenvalue weighted by Crippen LogP contribution is -2.23. The van der Waals surface area contributed by atoms with Gasteiger partial charge in [-0.3, -0.25) is 14.9 Å². The molecule has 0 aliphatic carbocycles. The number of carbonyl (C=O) groups is 1. The minimum Gasteiger partial charge on any atom is -0.305 e. The van der Waals surface area contributed by atoms with Crippen molar-refractivity contribution in [1.82, 2.24) is 19.5 Å². The van der Waals surface area contributed by atoms with E-state index < -0.39 is 15.9 Å². The third-order valence-corrected chi connectivity index (χ3v) is 6.31. The van der Waals surface area contributed by atoms with E-state index in [1.807, 2.05) is 19.1 Å². The number of pyridine rings is 1. The Morgan fingerprint density at radius 1 is 1.18 bits per heavy atom. The van der Waals surface area contributed by atoms with Crippen LogP contribution >= 0.6 is 11.6 Å². The molecule has 0 spiro atoms. The van der Waals surface area contributed by atoms with Gasteiger partial charge in [0.15, 0.2) is 5.82 Å². The average Bonchev–Trinajstić information content (AvgIpc) is 3.02. The summed E-state index contributed by atoms with van der Waals surface area (Å²) in [5, 5.41) is 9.84. The smallest absolute Gasteiger partial charge is 0.258 e. The first-order chi connectivity index (χ1) is 13.2. The molecule has 2 aromatic heterocycles. The van der Waals surface area contributed by atoms with Gasteiger partial charge in [-0.15, -0.1) is 0 Å². The molecule has 0 fully saturated rings. The van der Waals surface area contributed by atoms with Crippen molar-refractivity contribution in [3.8, 4) is 11.3 Å². The van der Waals surface area contributed by atoms with Gasteiger partial charge in [0.05, 0.1) is 21.2 Å². The van der Waals surface area contributed by atoms with Crippen LogP contribution in [-0.2, 0) is 10.0 Å². The summed E-state index contributed by atoms with van der Waals surface area (Å²) in [7, 11) is -0.867. The number of halogens is 1. The lowest BCUT2D eigenvalue weighted by Gasteiger charge is -2.13. The predicted octanol–water partition coefficient (Wildman–Crippen LogP) is 2.94. The summed E-state index contributed by atoms with van der Waals surface area (Å²) in [5.41, 5.74) is 2.38. The van der Waals surface area contributed by atoms with Crippen LogP contribution in [0.25, 0.3) is 11.3 Å². The molecule has 0 saturated heterocycles. The fourth-order valence-electron chi connectivity index (χ4n) is 2.54. The number of nitrogens with one attached hydrogen (secondary N) is 2. The van der Waals surface area contributed by atoms with Crippen LogP contribution in [0.15, 0.2) is 47.6 Å². The van der Waals surface area contributed by atoms with Gasteiger partial charge in [-0.1, -0.05) is 11.6 Å². The molecule has 28 heavy (non-hydrogen) atoms. The molecule has 1 amide bonds. The van der Waals surface area contributed by atoms with Crippen LogP contribution in [0.4, 0.5) is 5.82 Å². The number of hydrogen-bond donors (Lipinski definition) is 2. The van der Waals surface area contributed by atoms with Crippen molar-refractivity contribution in [2.45, 2.75) is 11.8 Å². The van der Waals surface area contributed by atoms with Gasteiger partial charge < -0.3 is 5.32 Å². The van der Waals surface area contributed by atoms with Crippen molar-refractivity contribution in [2.75, 3.05) is 19.4 Å². The Morgan fingerprint density at radius 2 is 1.86 bits per heavy atom. The molecule has 0 radical (unpaired) electrons. The van der Waals surface area contributed by atoms with Crippen LogP contribution in [0.2, 0.25) is 5.02 Å². The topological polar surface area (TPSA) is 108 Å². The number of anilines is 1. The molecule has 2 N–H and O–H groups in total. The number of sulfonamides is 1. The van der Waals surface area contributed by atoms with Crippen molar-refractivity contribution in [1.29, 1.82) is 0 Å². The largest absolute Gasteiger partial charge is 0.305 e. The SMILES string of the molecule is Cc1c(NC(=O)c2cc(S(=O)(=O)N(C)C)ccc2Cl)n[nH]c1-c1ccncc1. The molecular weight excluding hydrogens is 402 g/mol. The maximum atomic E-state index is 12.7. The third kappa shape index (κ3) is 3.77. The first-order valence-electron chi connectivity index (χ1n) is 8.20. The van der Waals surface area contributed by atoms with Crippen LogP contribution in [0, 0.1) is 6.92 Å². The van der Waals surface area contributed by atoms with E-state index in [-0.39, 0.29) is 15.5 Å². The van der Waals surface area contributed by atoms with Crippen LogP contribution in [-0.4, -0.2) is 47.9 Å². The van der Waals surface area contributed by atoms with Gasteiger partial charge in [0.25, 0.3) is 5.91 Å². The zero-order valence-corrected chi connectivity index (χ0v) is 17.0. The van der Waals surface area contributed by atoms with Crippen molar-refractivity contribution in [3.63, 3.8) is 0 Å². The highest BCUT2D eigenvalue weighted by Gasteiger charge is 2.22. The number of H-pyrrole nitrogens is 1. The van der Waals surface area contributed by atoms with Crippen LogP contribution in [0.1, 0.15) is 15.9 Å². The Bertz CT molecular complexity index is 1130. The van der Waals surface area contributed by atoms with Gasteiger partial charge in [-0.25, -0.2) is 12.7 Å². The number of carbonyl (C=O) groups excluding carboxylic acids is 1. The summed E-state index contributed by atoms with van der Waals surface area (Å²) in [6.45, 7) is 1.81. The number of rotatable bonds is 5. The first-order valence-corrected chi connectivity index (χ1v) is 10.0. The minimum atomic E-state index is -3.70. The summed E-state index contributed by atoms with van der Waals surface area (Å²) in [6.07, 6.45) is 3.31. The third-order valence-electron chi connectivity index (χ3n) is 4.17. The molecule has 0 aliphatic rings. The fourth-order valence-corrected chi connectivity index (χ4v) is 3.68. The van der Waals surface area contributed by atoms with Gasteiger partial charge in [0.2, 0.25) is 10.0 Å². The van der Waals surface area contributed by atoms with Gasteiger partial charge in [-0.2, -0.15) is 5.10 Å². The maximum absolute atomic E-state index is 12.7. The molecule has 146 valence electrons. The maximum Gasteiger partial charge on any atom is 0.258 e. The van der Waals surface area contributed by atoms with Gasteiger partial charge >= 0.3 is 0 Å². The zero-order chi connectivity index (χ0) is 20.5. The summed E-state index contributed by atoms with van der Waals surface area (Å²) in [5.74, 6) is -0.231. The molecule has 0 bridgehead atoms. The summed E-state index contributed by atoms with van der Waals surface area (Å²) >= 11 is 6.12. The Morgan fingerprint density at radius 3 is 2.50 bits per heavy atom. The van der Waals surface area contributed by atoms with E-state index in [1.54, 1.807) is 12.4 Å². The number of benzene rings is 1. The Hall–Kier alpha value is -2.75. The van der Waals surface area contributed by atoms with Crippen molar-refractivity contribution in [3.05, 3.63) is 58.9 Å². The Balaban J connectivity index is 1.91. The van der Waals surface area contributed by atoms with E-state index in [2.05, 4.69) is 20.5 Å². The lowest BCUT2D eigenvalue weighted by molar-refractivity contribution is 0.102. The van der Waals surface area contributed by atoms with Crippen molar-refractivity contribution in [2.24, 2.45) is 0 Å². The predicted molar refractivity (Wildman–Crippen MR) is 107 cm³/mol.